The maximum absolute atomic E-state index is 9.14. The molecular weight excluding hydrogens is 222 g/mol. The fraction of sp³-hybridized carbons (Fsp3) is 0.267. The van der Waals surface area contributed by atoms with Gasteiger partial charge in [-0.1, -0.05) is 24.3 Å². The Labute approximate surface area is 107 Å². The molecule has 0 aliphatic rings. The van der Waals surface area contributed by atoms with Gasteiger partial charge >= 0.3 is 0 Å². The molecule has 92 valence electrons. The molecule has 1 aromatic carbocycles. The van der Waals surface area contributed by atoms with Crippen LogP contribution in [0.25, 0.3) is 0 Å². The Morgan fingerprint density at radius 3 is 2.56 bits per heavy atom. The standard InChI is InChI=1S/C15H17N3/c1-11-6-3-4-8-14(11)15(12(2)17)18-9-5-7-13(18)10-16/h3-9,12,15H,17H2,1-2H3. The lowest BCUT2D eigenvalue weighted by Gasteiger charge is -2.25. The summed E-state index contributed by atoms with van der Waals surface area (Å²) in [6, 6.07) is 14.0. The maximum atomic E-state index is 9.14. The monoisotopic (exact) mass is 239 g/mol. The molecule has 2 atom stereocenters. The molecule has 2 rings (SSSR count). The zero-order valence-corrected chi connectivity index (χ0v) is 10.7. The smallest absolute Gasteiger partial charge is 0.120 e. The molecule has 18 heavy (non-hydrogen) atoms. The Balaban J connectivity index is 2.55. The topological polar surface area (TPSA) is 54.7 Å². The predicted molar refractivity (Wildman–Crippen MR) is 72.1 cm³/mol. The first kappa shape index (κ1) is 12.4. The average Bonchev–Trinajstić information content (AvgIpc) is 2.79. The van der Waals surface area contributed by atoms with Crippen molar-refractivity contribution in [3.8, 4) is 6.07 Å². The summed E-state index contributed by atoms with van der Waals surface area (Å²) in [5.41, 5.74) is 9.12. The van der Waals surface area contributed by atoms with Gasteiger partial charge in [0.2, 0.25) is 0 Å². The van der Waals surface area contributed by atoms with Crippen LogP contribution in [0.15, 0.2) is 42.6 Å². The largest absolute Gasteiger partial charge is 0.330 e. The normalized spacial score (nSPS) is 13.9. The summed E-state index contributed by atoms with van der Waals surface area (Å²) in [4.78, 5) is 0. The third kappa shape index (κ3) is 2.15. The van der Waals surface area contributed by atoms with Crippen molar-refractivity contribution in [2.75, 3.05) is 0 Å². The fourth-order valence-electron chi connectivity index (χ4n) is 2.34. The molecule has 0 amide bonds. The van der Waals surface area contributed by atoms with E-state index in [1.54, 1.807) is 0 Å². The van der Waals surface area contributed by atoms with E-state index in [1.165, 1.54) is 11.1 Å². The van der Waals surface area contributed by atoms with Crippen LogP contribution in [0.3, 0.4) is 0 Å². The number of hydrogen-bond donors (Lipinski definition) is 1. The molecule has 0 fully saturated rings. The van der Waals surface area contributed by atoms with Crippen molar-refractivity contribution < 1.29 is 0 Å². The van der Waals surface area contributed by atoms with Crippen LogP contribution < -0.4 is 5.73 Å². The summed E-state index contributed by atoms with van der Waals surface area (Å²) < 4.78 is 1.95. The average molecular weight is 239 g/mol. The second kappa shape index (κ2) is 5.07. The molecule has 0 bridgehead atoms. The molecule has 0 saturated heterocycles. The number of rotatable bonds is 3. The molecule has 2 N–H and O–H groups in total. The molecule has 2 unspecified atom stereocenters. The Morgan fingerprint density at radius 2 is 1.94 bits per heavy atom. The summed E-state index contributed by atoms with van der Waals surface area (Å²) in [6.45, 7) is 4.04. The van der Waals surface area contributed by atoms with E-state index in [-0.39, 0.29) is 12.1 Å². The van der Waals surface area contributed by atoms with Gasteiger partial charge in [0.05, 0.1) is 6.04 Å². The van der Waals surface area contributed by atoms with Gasteiger partial charge in [0.1, 0.15) is 11.8 Å². The minimum absolute atomic E-state index is 0.00384. The number of aryl methyl sites for hydroxylation is 1. The third-order valence-corrected chi connectivity index (χ3v) is 3.20. The molecule has 1 aromatic heterocycles. The van der Waals surface area contributed by atoms with Crippen molar-refractivity contribution in [2.24, 2.45) is 5.73 Å². The van der Waals surface area contributed by atoms with E-state index in [0.29, 0.717) is 5.69 Å². The van der Waals surface area contributed by atoms with E-state index >= 15 is 0 Å². The third-order valence-electron chi connectivity index (χ3n) is 3.20. The minimum Gasteiger partial charge on any atom is -0.330 e. The van der Waals surface area contributed by atoms with Crippen LogP contribution in [-0.4, -0.2) is 10.6 Å². The van der Waals surface area contributed by atoms with Crippen LogP contribution >= 0.6 is 0 Å². The van der Waals surface area contributed by atoms with E-state index in [4.69, 9.17) is 11.0 Å². The highest BCUT2D eigenvalue weighted by Gasteiger charge is 2.21. The highest BCUT2D eigenvalue weighted by molar-refractivity contribution is 5.33. The zero-order chi connectivity index (χ0) is 13.1. The van der Waals surface area contributed by atoms with Crippen molar-refractivity contribution in [3.05, 3.63) is 59.4 Å². The molecular formula is C15H17N3. The summed E-state index contributed by atoms with van der Waals surface area (Å²) in [5.74, 6) is 0. The van der Waals surface area contributed by atoms with Crippen molar-refractivity contribution in [3.63, 3.8) is 0 Å². The minimum atomic E-state index is -0.0643. The van der Waals surface area contributed by atoms with Gasteiger partial charge in [0, 0.05) is 12.2 Å². The van der Waals surface area contributed by atoms with Crippen molar-refractivity contribution in [1.29, 1.82) is 5.26 Å². The summed E-state index contributed by atoms with van der Waals surface area (Å²) in [7, 11) is 0. The second-order valence-electron chi connectivity index (χ2n) is 4.57. The van der Waals surface area contributed by atoms with Crippen LogP contribution in [0.2, 0.25) is 0 Å². The van der Waals surface area contributed by atoms with Gasteiger partial charge in [-0.2, -0.15) is 5.26 Å². The van der Waals surface area contributed by atoms with Gasteiger partial charge in [-0.05, 0) is 37.1 Å². The molecule has 3 nitrogen and oxygen atoms in total. The molecule has 1 heterocycles. The maximum Gasteiger partial charge on any atom is 0.120 e. The SMILES string of the molecule is Cc1ccccc1C(C(C)N)n1cccc1C#N. The molecule has 0 aliphatic heterocycles. The van der Waals surface area contributed by atoms with Crippen molar-refractivity contribution >= 4 is 0 Å². The van der Waals surface area contributed by atoms with Gasteiger partial charge in [-0.15, -0.1) is 0 Å². The van der Waals surface area contributed by atoms with E-state index in [0.717, 1.165) is 0 Å². The summed E-state index contributed by atoms with van der Waals surface area (Å²) in [5, 5.41) is 9.14. The first-order valence-electron chi connectivity index (χ1n) is 6.03. The highest BCUT2D eigenvalue weighted by Crippen LogP contribution is 2.25. The highest BCUT2D eigenvalue weighted by atomic mass is 15.0. The predicted octanol–water partition coefficient (Wildman–Crippen LogP) is 2.60. The van der Waals surface area contributed by atoms with Gasteiger partial charge < -0.3 is 10.3 Å². The first-order chi connectivity index (χ1) is 8.65. The van der Waals surface area contributed by atoms with Crippen LogP contribution in [0.5, 0.6) is 0 Å². The van der Waals surface area contributed by atoms with E-state index in [2.05, 4.69) is 25.1 Å². The van der Waals surface area contributed by atoms with Crippen LogP contribution in [-0.2, 0) is 0 Å². The lowest BCUT2D eigenvalue weighted by Crippen LogP contribution is -2.31. The number of nitriles is 1. The Hall–Kier alpha value is -2.05. The van der Waals surface area contributed by atoms with Crippen LogP contribution in [0.4, 0.5) is 0 Å². The second-order valence-corrected chi connectivity index (χ2v) is 4.57. The molecule has 0 saturated carbocycles. The molecule has 0 aliphatic carbocycles. The molecule has 0 spiro atoms. The Kier molecular flexibility index (Phi) is 3.50. The number of benzene rings is 1. The van der Waals surface area contributed by atoms with Crippen LogP contribution in [0, 0.1) is 18.3 Å². The first-order valence-corrected chi connectivity index (χ1v) is 6.03. The number of aromatic nitrogens is 1. The van der Waals surface area contributed by atoms with E-state index in [1.807, 2.05) is 42.0 Å². The lowest BCUT2D eigenvalue weighted by atomic mass is 9.96. The Bertz CT molecular complexity index is 573. The molecule has 2 aromatic rings. The molecule has 3 heteroatoms. The van der Waals surface area contributed by atoms with Gasteiger partial charge in [0.25, 0.3) is 0 Å². The summed E-state index contributed by atoms with van der Waals surface area (Å²) >= 11 is 0. The summed E-state index contributed by atoms with van der Waals surface area (Å²) in [6.07, 6.45) is 1.92. The van der Waals surface area contributed by atoms with Gasteiger partial charge in [0.15, 0.2) is 0 Å². The van der Waals surface area contributed by atoms with E-state index in [9.17, 15) is 0 Å². The number of nitrogens with zero attached hydrogens (tertiary/aromatic N) is 2. The molecule has 0 radical (unpaired) electrons. The number of nitrogens with two attached hydrogens (primary N) is 1. The van der Waals surface area contributed by atoms with Crippen LogP contribution in [0.1, 0.15) is 29.8 Å². The lowest BCUT2D eigenvalue weighted by molar-refractivity contribution is 0.492. The zero-order valence-electron chi connectivity index (χ0n) is 10.7. The van der Waals surface area contributed by atoms with Gasteiger partial charge in [-0.25, -0.2) is 0 Å². The van der Waals surface area contributed by atoms with Crippen molar-refractivity contribution in [2.45, 2.75) is 25.9 Å². The van der Waals surface area contributed by atoms with Gasteiger partial charge in [-0.3, -0.25) is 0 Å². The quantitative estimate of drug-likeness (QED) is 0.895. The fourth-order valence-corrected chi connectivity index (χ4v) is 2.34. The van der Waals surface area contributed by atoms with E-state index < -0.39 is 0 Å². The Morgan fingerprint density at radius 1 is 1.22 bits per heavy atom. The van der Waals surface area contributed by atoms with Crippen molar-refractivity contribution in [1.82, 2.24) is 4.57 Å². The number of hydrogen-bond acceptors (Lipinski definition) is 2.